The summed E-state index contributed by atoms with van der Waals surface area (Å²) in [5.41, 5.74) is 1.55. The van der Waals surface area contributed by atoms with Crippen LogP contribution in [0.5, 0.6) is 0 Å². The van der Waals surface area contributed by atoms with Crippen molar-refractivity contribution < 1.29 is 0 Å². The Bertz CT molecular complexity index is 265. The number of rotatable bonds is 1. The van der Waals surface area contributed by atoms with E-state index < -0.39 is 0 Å². The maximum atomic E-state index is 2.39. The molecule has 0 nitrogen and oxygen atoms in total. The molecule has 0 saturated heterocycles. The smallest absolute Gasteiger partial charge is 0.0157 e. The van der Waals surface area contributed by atoms with E-state index in [1.165, 1.54) is 19.3 Å². The Morgan fingerprint density at radius 1 is 0.857 bits per heavy atom. The summed E-state index contributed by atoms with van der Waals surface area (Å²) in [6.45, 7) is 4.79. The summed E-state index contributed by atoms with van der Waals surface area (Å²) in [6, 6.07) is 11.0. The summed E-state index contributed by atoms with van der Waals surface area (Å²) in [5.74, 6) is 2.63. The Balaban J connectivity index is 2.11. The highest BCUT2D eigenvalue weighted by atomic mass is 14.3. The molecule has 0 radical (unpaired) electrons. The predicted octanol–water partition coefficient (Wildman–Crippen LogP) is 4.23. The lowest BCUT2D eigenvalue weighted by Gasteiger charge is -2.31. The van der Waals surface area contributed by atoms with E-state index >= 15 is 0 Å². The van der Waals surface area contributed by atoms with Crippen LogP contribution in [0.2, 0.25) is 0 Å². The molecule has 2 atom stereocenters. The third-order valence-corrected chi connectivity index (χ3v) is 3.45. The molecule has 1 aliphatic rings. The van der Waals surface area contributed by atoms with E-state index in [0.717, 1.165) is 17.8 Å². The van der Waals surface area contributed by atoms with Crippen molar-refractivity contribution in [1.29, 1.82) is 0 Å². The average molecular weight is 188 g/mol. The highest BCUT2D eigenvalue weighted by molar-refractivity contribution is 5.20. The largest absolute Gasteiger partial charge is 0.0625 e. The van der Waals surface area contributed by atoms with Crippen LogP contribution < -0.4 is 0 Å². The first-order valence-electron chi connectivity index (χ1n) is 5.80. The molecule has 0 aromatic heterocycles. The Hall–Kier alpha value is -0.780. The van der Waals surface area contributed by atoms with Crippen LogP contribution in [0.1, 0.15) is 44.6 Å². The average Bonchev–Trinajstić information content (AvgIpc) is 2.18. The molecule has 0 aliphatic heterocycles. The van der Waals surface area contributed by atoms with Crippen molar-refractivity contribution in [2.45, 2.75) is 39.0 Å². The van der Waals surface area contributed by atoms with Crippen molar-refractivity contribution in [3.8, 4) is 0 Å². The van der Waals surface area contributed by atoms with Gasteiger partial charge in [-0.05, 0) is 42.6 Å². The maximum Gasteiger partial charge on any atom is -0.0157 e. The SMILES string of the molecule is CC1CC(C)CC(c2ccccc2)C1. The summed E-state index contributed by atoms with van der Waals surface area (Å²) in [4.78, 5) is 0. The van der Waals surface area contributed by atoms with Gasteiger partial charge in [0.25, 0.3) is 0 Å². The van der Waals surface area contributed by atoms with Gasteiger partial charge in [-0.1, -0.05) is 44.2 Å². The summed E-state index contributed by atoms with van der Waals surface area (Å²) < 4.78 is 0. The zero-order valence-electron chi connectivity index (χ0n) is 9.24. The minimum absolute atomic E-state index is 0.815. The van der Waals surface area contributed by atoms with Gasteiger partial charge in [0, 0.05) is 0 Å². The van der Waals surface area contributed by atoms with Gasteiger partial charge in [-0.2, -0.15) is 0 Å². The Morgan fingerprint density at radius 3 is 2.00 bits per heavy atom. The standard InChI is InChI=1S/C14H20/c1-11-8-12(2)10-14(9-11)13-6-4-3-5-7-13/h3-7,11-12,14H,8-10H2,1-2H3. The maximum absolute atomic E-state index is 2.39. The molecule has 1 aromatic rings. The van der Waals surface area contributed by atoms with Gasteiger partial charge in [0.2, 0.25) is 0 Å². The van der Waals surface area contributed by atoms with Crippen LogP contribution in [-0.2, 0) is 0 Å². The Kier molecular flexibility index (Phi) is 2.90. The van der Waals surface area contributed by atoms with Crippen LogP contribution >= 0.6 is 0 Å². The number of benzene rings is 1. The van der Waals surface area contributed by atoms with E-state index in [9.17, 15) is 0 Å². The lowest BCUT2D eigenvalue weighted by atomic mass is 9.74. The first-order valence-corrected chi connectivity index (χ1v) is 5.80. The fourth-order valence-corrected chi connectivity index (χ4v) is 2.94. The molecule has 1 fully saturated rings. The van der Waals surface area contributed by atoms with Gasteiger partial charge < -0.3 is 0 Å². The Morgan fingerprint density at radius 2 is 1.43 bits per heavy atom. The summed E-state index contributed by atoms with van der Waals surface area (Å²) in [5, 5.41) is 0. The minimum Gasteiger partial charge on any atom is -0.0625 e. The van der Waals surface area contributed by atoms with E-state index in [1.807, 2.05) is 0 Å². The van der Waals surface area contributed by atoms with Crippen LogP contribution in [0, 0.1) is 11.8 Å². The van der Waals surface area contributed by atoms with Crippen molar-refractivity contribution in [3.05, 3.63) is 35.9 Å². The highest BCUT2D eigenvalue weighted by Crippen LogP contribution is 2.38. The van der Waals surface area contributed by atoms with E-state index in [1.54, 1.807) is 5.56 Å². The molecule has 0 N–H and O–H groups in total. The van der Waals surface area contributed by atoms with Crippen LogP contribution in [0.25, 0.3) is 0 Å². The van der Waals surface area contributed by atoms with E-state index in [0.29, 0.717) is 0 Å². The fourth-order valence-electron chi connectivity index (χ4n) is 2.94. The van der Waals surface area contributed by atoms with Gasteiger partial charge in [-0.15, -0.1) is 0 Å². The first-order chi connectivity index (χ1) is 6.75. The first kappa shape index (κ1) is 9.76. The van der Waals surface area contributed by atoms with Gasteiger partial charge >= 0.3 is 0 Å². The third kappa shape index (κ3) is 2.17. The normalized spacial score (nSPS) is 32.9. The van der Waals surface area contributed by atoms with E-state index in [2.05, 4.69) is 44.2 Å². The molecule has 76 valence electrons. The number of hydrogen-bond acceptors (Lipinski definition) is 0. The molecule has 14 heavy (non-hydrogen) atoms. The van der Waals surface area contributed by atoms with Gasteiger partial charge in [0.05, 0.1) is 0 Å². The molecule has 0 spiro atoms. The lowest BCUT2D eigenvalue weighted by molar-refractivity contribution is 0.268. The molecule has 2 rings (SSSR count). The van der Waals surface area contributed by atoms with Crippen LogP contribution in [0.15, 0.2) is 30.3 Å². The molecule has 0 heteroatoms. The monoisotopic (exact) mass is 188 g/mol. The van der Waals surface area contributed by atoms with Gasteiger partial charge in [0.1, 0.15) is 0 Å². The fraction of sp³-hybridized carbons (Fsp3) is 0.571. The second-order valence-corrected chi connectivity index (χ2v) is 5.03. The lowest BCUT2D eigenvalue weighted by Crippen LogP contribution is -2.18. The molecule has 1 aromatic carbocycles. The third-order valence-electron chi connectivity index (χ3n) is 3.45. The van der Waals surface area contributed by atoms with Crippen molar-refractivity contribution in [3.63, 3.8) is 0 Å². The number of hydrogen-bond donors (Lipinski definition) is 0. The Labute approximate surface area is 87.3 Å². The van der Waals surface area contributed by atoms with E-state index in [-0.39, 0.29) is 0 Å². The molecule has 0 amide bonds. The van der Waals surface area contributed by atoms with Gasteiger partial charge in [-0.25, -0.2) is 0 Å². The molecule has 1 saturated carbocycles. The quantitative estimate of drug-likeness (QED) is 0.619. The predicted molar refractivity (Wildman–Crippen MR) is 61.4 cm³/mol. The van der Waals surface area contributed by atoms with Crippen LogP contribution in [0.3, 0.4) is 0 Å². The zero-order valence-corrected chi connectivity index (χ0v) is 9.24. The summed E-state index contributed by atoms with van der Waals surface area (Å²) in [6.07, 6.45) is 4.19. The molecule has 1 aliphatic carbocycles. The molecule has 0 bridgehead atoms. The topological polar surface area (TPSA) is 0 Å². The summed E-state index contributed by atoms with van der Waals surface area (Å²) >= 11 is 0. The zero-order chi connectivity index (χ0) is 9.97. The summed E-state index contributed by atoms with van der Waals surface area (Å²) in [7, 11) is 0. The van der Waals surface area contributed by atoms with E-state index in [4.69, 9.17) is 0 Å². The molecular formula is C14H20. The second kappa shape index (κ2) is 4.16. The molecule has 0 heterocycles. The molecule has 2 unspecified atom stereocenters. The van der Waals surface area contributed by atoms with Crippen LogP contribution in [0.4, 0.5) is 0 Å². The van der Waals surface area contributed by atoms with Gasteiger partial charge in [-0.3, -0.25) is 0 Å². The van der Waals surface area contributed by atoms with Crippen molar-refractivity contribution in [1.82, 2.24) is 0 Å². The van der Waals surface area contributed by atoms with Gasteiger partial charge in [0.15, 0.2) is 0 Å². The van der Waals surface area contributed by atoms with Crippen molar-refractivity contribution >= 4 is 0 Å². The minimum atomic E-state index is 0.815. The molecular weight excluding hydrogens is 168 g/mol. The highest BCUT2D eigenvalue weighted by Gasteiger charge is 2.24. The second-order valence-electron chi connectivity index (χ2n) is 5.03. The van der Waals surface area contributed by atoms with Crippen molar-refractivity contribution in [2.75, 3.05) is 0 Å². The van der Waals surface area contributed by atoms with Crippen LogP contribution in [-0.4, -0.2) is 0 Å². The van der Waals surface area contributed by atoms with Crippen molar-refractivity contribution in [2.24, 2.45) is 11.8 Å².